The molecule has 1 unspecified atom stereocenters. The minimum absolute atomic E-state index is 0.224. The molecule has 5 nitrogen and oxygen atoms in total. The van der Waals surface area contributed by atoms with E-state index in [0.717, 1.165) is 35.7 Å². The zero-order valence-electron chi connectivity index (χ0n) is 14.9. The predicted octanol–water partition coefficient (Wildman–Crippen LogP) is 3.82. The number of ether oxygens (including phenoxy) is 1. The standard InChI is InChI=1S/C21H21N3O2/c1-14-22-10-9-19(23-14)15-7-8-20(25)18(11-15)21(26-2)24-12-16-5-3-4-6-17(16)13-24/h3-11,21,25H,12-13H2,1-2H3. The SMILES string of the molecule is COC(c1cc(-c2ccnc(C)n2)ccc1O)N1Cc2ccccc2C1. The Kier molecular flexibility index (Phi) is 4.41. The lowest BCUT2D eigenvalue weighted by Crippen LogP contribution is -2.25. The molecule has 0 amide bonds. The Balaban J connectivity index is 1.69. The third-order valence-corrected chi connectivity index (χ3v) is 4.79. The summed E-state index contributed by atoms with van der Waals surface area (Å²) in [6, 6.07) is 15.8. The fourth-order valence-electron chi connectivity index (χ4n) is 3.53. The fourth-order valence-corrected chi connectivity index (χ4v) is 3.53. The molecule has 0 spiro atoms. The first-order valence-electron chi connectivity index (χ1n) is 8.62. The van der Waals surface area contributed by atoms with Crippen molar-refractivity contribution in [2.24, 2.45) is 0 Å². The van der Waals surface area contributed by atoms with E-state index in [1.54, 1.807) is 19.4 Å². The number of aryl methyl sites for hydroxylation is 1. The summed E-state index contributed by atoms with van der Waals surface area (Å²) in [6.45, 7) is 3.46. The Morgan fingerprint density at radius 1 is 1.08 bits per heavy atom. The molecule has 1 aromatic heterocycles. The molecule has 5 heteroatoms. The first-order chi connectivity index (χ1) is 12.7. The lowest BCUT2D eigenvalue weighted by atomic mass is 10.0. The minimum atomic E-state index is -0.328. The Morgan fingerprint density at radius 2 is 1.81 bits per heavy atom. The molecule has 1 atom stereocenters. The van der Waals surface area contributed by atoms with Crippen LogP contribution in [0.5, 0.6) is 5.75 Å². The van der Waals surface area contributed by atoms with Crippen molar-refractivity contribution >= 4 is 0 Å². The molecule has 0 saturated heterocycles. The highest BCUT2D eigenvalue weighted by molar-refractivity contribution is 5.62. The Hall–Kier alpha value is -2.76. The van der Waals surface area contributed by atoms with Gasteiger partial charge in [-0.1, -0.05) is 24.3 Å². The topological polar surface area (TPSA) is 58.5 Å². The van der Waals surface area contributed by atoms with Crippen LogP contribution in [0.25, 0.3) is 11.3 Å². The van der Waals surface area contributed by atoms with Crippen LogP contribution in [-0.4, -0.2) is 27.1 Å². The molecular formula is C21H21N3O2. The lowest BCUT2D eigenvalue weighted by Gasteiger charge is -2.27. The summed E-state index contributed by atoms with van der Waals surface area (Å²) in [7, 11) is 1.68. The van der Waals surface area contributed by atoms with Crippen molar-refractivity contribution in [1.29, 1.82) is 0 Å². The Morgan fingerprint density at radius 3 is 2.46 bits per heavy atom. The van der Waals surface area contributed by atoms with Gasteiger partial charge in [0.2, 0.25) is 0 Å². The maximum absolute atomic E-state index is 10.5. The van der Waals surface area contributed by atoms with E-state index < -0.39 is 0 Å². The number of aromatic nitrogens is 2. The summed E-state index contributed by atoms with van der Waals surface area (Å²) in [5.41, 5.74) is 5.11. The van der Waals surface area contributed by atoms with Crippen molar-refractivity contribution in [3.8, 4) is 17.0 Å². The van der Waals surface area contributed by atoms with Crippen molar-refractivity contribution in [2.75, 3.05) is 7.11 Å². The zero-order chi connectivity index (χ0) is 18.1. The van der Waals surface area contributed by atoms with Crippen molar-refractivity contribution in [3.05, 3.63) is 77.2 Å². The van der Waals surface area contributed by atoms with E-state index in [9.17, 15) is 5.11 Å². The number of fused-ring (bicyclic) bond motifs is 1. The van der Waals surface area contributed by atoms with Crippen molar-refractivity contribution in [2.45, 2.75) is 26.2 Å². The number of rotatable bonds is 4. The molecule has 4 rings (SSSR count). The highest BCUT2D eigenvalue weighted by Crippen LogP contribution is 2.37. The highest BCUT2D eigenvalue weighted by atomic mass is 16.5. The third-order valence-electron chi connectivity index (χ3n) is 4.79. The highest BCUT2D eigenvalue weighted by Gasteiger charge is 2.28. The molecule has 0 fully saturated rings. The monoisotopic (exact) mass is 347 g/mol. The van der Waals surface area contributed by atoms with Gasteiger partial charge >= 0.3 is 0 Å². The summed E-state index contributed by atoms with van der Waals surface area (Å²) >= 11 is 0. The molecule has 0 aliphatic carbocycles. The van der Waals surface area contributed by atoms with Gasteiger partial charge in [0.25, 0.3) is 0 Å². The minimum Gasteiger partial charge on any atom is -0.508 e. The van der Waals surface area contributed by atoms with Gasteiger partial charge < -0.3 is 9.84 Å². The molecular weight excluding hydrogens is 326 g/mol. The number of benzene rings is 2. The van der Waals surface area contributed by atoms with Gasteiger partial charge in [0, 0.05) is 37.5 Å². The van der Waals surface area contributed by atoms with E-state index in [2.05, 4.69) is 39.1 Å². The first kappa shape index (κ1) is 16.7. The summed E-state index contributed by atoms with van der Waals surface area (Å²) < 4.78 is 5.78. The van der Waals surface area contributed by atoms with Gasteiger partial charge in [-0.25, -0.2) is 9.97 Å². The third kappa shape index (κ3) is 3.07. The van der Waals surface area contributed by atoms with Gasteiger partial charge in [-0.15, -0.1) is 0 Å². The number of phenolic OH excluding ortho intramolecular Hbond substituents is 1. The van der Waals surface area contributed by atoms with E-state index in [1.165, 1.54) is 11.1 Å². The number of hydrogen-bond donors (Lipinski definition) is 1. The summed E-state index contributed by atoms with van der Waals surface area (Å²) in [4.78, 5) is 10.8. The molecule has 2 aromatic carbocycles. The number of phenols is 1. The van der Waals surface area contributed by atoms with Gasteiger partial charge in [-0.2, -0.15) is 0 Å². The normalized spacial score (nSPS) is 15.0. The smallest absolute Gasteiger partial charge is 0.140 e. The van der Waals surface area contributed by atoms with Crippen LogP contribution in [0.3, 0.4) is 0 Å². The van der Waals surface area contributed by atoms with Gasteiger partial charge in [0.15, 0.2) is 0 Å². The van der Waals surface area contributed by atoms with Crippen molar-refractivity contribution in [3.63, 3.8) is 0 Å². The quantitative estimate of drug-likeness (QED) is 0.777. The second-order valence-corrected chi connectivity index (χ2v) is 6.52. The van der Waals surface area contributed by atoms with Crippen LogP contribution in [0.4, 0.5) is 0 Å². The maximum atomic E-state index is 10.5. The van der Waals surface area contributed by atoms with Crippen molar-refractivity contribution in [1.82, 2.24) is 14.9 Å². The van der Waals surface area contributed by atoms with E-state index >= 15 is 0 Å². The number of nitrogens with zero attached hydrogens (tertiary/aromatic N) is 3. The first-order valence-corrected chi connectivity index (χ1v) is 8.62. The van der Waals surface area contributed by atoms with Crippen LogP contribution in [0.2, 0.25) is 0 Å². The largest absolute Gasteiger partial charge is 0.508 e. The van der Waals surface area contributed by atoms with E-state index in [0.29, 0.717) is 0 Å². The van der Waals surface area contributed by atoms with Crippen LogP contribution in [0.1, 0.15) is 28.7 Å². The number of methoxy groups -OCH3 is 1. The average molecular weight is 347 g/mol. The fraction of sp³-hybridized carbons (Fsp3) is 0.238. The molecule has 0 saturated carbocycles. The van der Waals surface area contributed by atoms with Crippen LogP contribution < -0.4 is 0 Å². The summed E-state index contributed by atoms with van der Waals surface area (Å²) in [6.07, 6.45) is 1.42. The second-order valence-electron chi connectivity index (χ2n) is 6.52. The average Bonchev–Trinajstić information content (AvgIpc) is 3.07. The molecule has 1 N–H and O–H groups in total. The van der Waals surface area contributed by atoms with Gasteiger partial charge in [-0.3, -0.25) is 4.90 Å². The molecule has 2 heterocycles. The molecule has 1 aliphatic heterocycles. The molecule has 0 radical (unpaired) electrons. The molecule has 26 heavy (non-hydrogen) atoms. The van der Waals surface area contributed by atoms with Crippen molar-refractivity contribution < 1.29 is 9.84 Å². The predicted molar refractivity (Wildman–Crippen MR) is 99.3 cm³/mol. The maximum Gasteiger partial charge on any atom is 0.140 e. The Labute approximate surface area is 152 Å². The molecule has 0 bridgehead atoms. The zero-order valence-corrected chi connectivity index (χ0v) is 14.9. The van der Waals surface area contributed by atoms with E-state index in [4.69, 9.17) is 4.74 Å². The second kappa shape index (κ2) is 6.86. The van der Waals surface area contributed by atoms with Gasteiger partial charge in [0.05, 0.1) is 5.69 Å². The molecule has 1 aliphatic rings. The summed E-state index contributed by atoms with van der Waals surface area (Å²) in [5.74, 6) is 0.942. The van der Waals surface area contributed by atoms with Crippen LogP contribution in [0, 0.1) is 6.92 Å². The van der Waals surface area contributed by atoms with Crippen LogP contribution in [-0.2, 0) is 17.8 Å². The Bertz CT molecular complexity index is 917. The number of hydrogen-bond acceptors (Lipinski definition) is 5. The lowest BCUT2D eigenvalue weighted by molar-refractivity contribution is -0.0396. The van der Waals surface area contributed by atoms with Gasteiger partial charge in [-0.05, 0) is 42.3 Å². The van der Waals surface area contributed by atoms with Crippen LogP contribution in [0.15, 0.2) is 54.7 Å². The number of aromatic hydroxyl groups is 1. The molecule has 3 aromatic rings. The summed E-state index contributed by atoms with van der Waals surface area (Å²) in [5, 5.41) is 10.5. The van der Waals surface area contributed by atoms with E-state index in [1.807, 2.05) is 25.1 Å². The van der Waals surface area contributed by atoms with Crippen LogP contribution >= 0.6 is 0 Å². The molecule has 132 valence electrons. The van der Waals surface area contributed by atoms with E-state index in [-0.39, 0.29) is 12.0 Å². The van der Waals surface area contributed by atoms with Gasteiger partial charge in [0.1, 0.15) is 17.8 Å².